The molecule has 41 heavy (non-hydrogen) atoms. The van der Waals surface area contributed by atoms with Gasteiger partial charge in [0.15, 0.2) is 0 Å². The van der Waals surface area contributed by atoms with Crippen LogP contribution in [0.15, 0.2) is 60.7 Å². The van der Waals surface area contributed by atoms with E-state index in [4.69, 9.17) is 9.47 Å². The topological polar surface area (TPSA) is 42.5 Å². The van der Waals surface area contributed by atoms with Crippen LogP contribution in [0.4, 0.5) is 0 Å². The molecule has 2 aliphatic rings. The van der Waals surface area contributed by atoms with Crippen LogP contribution < -0.4 is 20.1 Å². The number of benzene rings is 3. The Morgan fingerprint density at radius 1 is 0.561 bits per heavy atom. The number of halogens is 3. The first-order valence-electron chi connectivity index (χ1n) is 15.0. The number of hydrogen-bond donors (Lipinski definition) is 2. The molecule has 0 amide bonds. The first kappa shape index (κ1) is 32.8. The van der Waals surface area contributed by atoms with Crippen molar-refractivity contribution >= 4 is 57.6 Å². The van der Waals surface area contributed by atoms with Gasteiger partial charge in [-0.3, -0.25) is 0 Å². The van der Waals surface area contributed by atoms with Gasteiger partial charge in [-0.25, -0.2) is 0 Å². The van der Waals surface area contributed by atoms with Gasteiger partial charge in [0.2, 0.25) is 0 Å². The lowest BCUT2D eigenvalue weighted by atomic mass is 9.95. The van der Waals surface area contributed by atoms with Crippen molar-refractivity contribution in [3.63, 3.8) is 0 Å². The minimum absolute atomic E-state index is 0. The summed E-state index contributed by atoms with van der Waals surface area (Å²) >= 11 is 4.79. The number of nitrogens with one attached hydrogen (secondary N) is 2. The molecule has 0 unspecified atom stereocenters. The van der Waals surface area contributed by atoms with E-state index in [-0.39, 0.29) is 12.4 Å². The molecule has 2 aliphatic carbocycles. The number of ether oxygens (including phenoxy) is 2. The lowest BCUT2D eigenvalue weighted by Gasteiger charge is -2.23. The zero-order valence-corrected chi connectivity index (χ0v) is 28.9. The van der Waals surface area contributed by atoms with Crippen LogP contribution in [0.25, 0.3) is 0 Å². The fourth-order valence-electron chi connectivity index (χ4n) is 5.81. The van der Waals surface area contributed by atoms with Crippen LogP contribution in [-0.4, -0.2) is 12.1 Å². The van der Waals surface area contributed by atoms with Crippen molar-refractivity contribution in [2.24, 2.45) is 0 Å². The summed E-state index contributed by atoms with van der Waals surface area (Å²) in [6, 6.07) is 23.0. The Balaban J connectivity index is 0.00000387. The molecule has 5 rings (SSSR count). The second-order valence-electron chi connectivity index (χ2n) is 11.4. The Labute approximate surface area is 279 Å². The average Bonchev–Trinajstić information content (AvgIpc) is 2.99. The van der Waals surface area contributed by atoms with E-state index in [1.54, 1.807) is 0 Å². The van der Waals surface area contributed by atoms with E-state index in [2.05, 4.69) is 116 Å². The molecule has 3 aromatic rings. The summed E-state index contributed by atoms with van der Waals surface area (Å²) < 4.78 is 14.7. The first-order valence-corrected chi connectivity index (χ1v) is 17.2. The molecule has 0 bridgehead atoms. The second kappa shape index (κ2) is 17.3. The van der Waals surface area contributed by atoms with Gasteiger partial charge in [0, 0.05) is 25.2 Å². The Morgan fingerprint density at radius 3 is 1.41 bits per heavy atom. The number of hydrogen-bond acceptors (Lipinski definition) is 4. The van der Waals surface area contributed by atoms with E-state index in [1.807, 2.05) is 0 Å². The van der Waals surface area contributed by atoms with E-state index < -0.39 is 0 Å². The summed E-state index contributed by atoms with van der Waals surface area (Å²) in [5.74, 6) is 1.88. The molecule has 0 aromatic heterocycles. The molecule has 0 radical (unpaired) electrons. The minimum Gasteiger partial charge on any atom is -0.488 e. The molecule has 2 N–H and O–H groups in total. The molecule has 4 nitrogen and oxygen atoms in total. The van der Waals surface area contributed by atoms with E-state index in [0.717, 1.165) is 42.9 Å². The normalized spacial score (nSPS) is 16.2. The van der Waals surface area contributed by atoms with Crippen LogP contribution in [0.3, 0.4) is 0 Å². The van der Waals surface area contributed by atoms with E-state index in [9.17, 15) is 0 Å². The zero-order chi connectivity index (χ0) is 27.6. The molecule has 0 atom stereocenters. The molecule has 222 valence electrons. The second-order valence-corrected chi connectivity index (χ2v) is 13.7. The first-order chi connectivity index (χ1) is 19.6. The quantitative estimate of drug-likeness (QED) is 0.179. The van der Waals surface area contributed by atoms with Gasteiger partial charge in [-0.1, -0.05) is 68.9 Å². The Morgan fingerprint density at radius 2 is 1.00 bits per heavy atom. The average molecular weight is 801 g/mol. The van der Waals surface area contributed by atoms with Gasteiger partial charge in [-0.2, -0.15) is 0 Å². The highest BCUT2D eigenvalue weighted by Crippen LogP contribution is 2.26. The highest BCUT2D eigenvalue weighted by molar-refractivity contribution is 14.1. The van der Waals surface area contributed by atoms with Crippen molar-refractivity contribution in [3.05, 3.63) is 90.1 Å². The molecule has 0 saturated heterocycles. The Kier molecular flexibility index (Phi) is 13.8. The summed E-state index contributed by atoms with van der Waals surface area (Å²) in [5, 5.41) is 7.47. The van der Waals surface area contributed by atoms with Crippen molar-refractivity contribution < 1.29 is 9.47 Å². The van der Waals surface area contributed by atoms with Gasteiger partial charge < -0.3 is 20.1 Å². The third-order valence-corrected chi connectivity index (χ3v) is 9.86. The summed E-state index contributed by atoms with van der Waals surface area (Å²) in [6.07, 6.45) is 13.5. The fraction of sp³-hybridized carbons (Fsp3) is 0.471. The SMILES string of the molecule is Cl.Ic1cc(CNC2CCCCC2)ccc1OCc1cccc(COc2ccc(CNC3CCCCC3)cc2I)c1. The van der Waals surface area contributed by atoms with Gasteiger partial charge in [-0.15, -0.1) is 12.4 Å². The van der Waals surface area contributed by atoms with Crippen molar-refractivity contribution in [1.82, 2.24) is 10.6 Å². The molecular weight excluding hydrogens is 758 g/mol. The fourth-order valence-corrected chi connectivity index (χ4v) is 7.28. The predicted octanol–water partition coefficient (Wildman–Crippen LogP) is 9.32. The van der Waals surface area contributed by atoms with E-state index in [0.29, 0.717) is 25.3 Å². The Hall–Kier alpha value is -1.07. The maximum absolute atomic E-state index is 6.21. The summed E-state index contributed by atoms with van der Waals surface area (Å²) in [7, 11) is 0. The molecule has 0 heterocycles. The van der Waals surface area contributed by atoms with Crippen LogP contribution in [0.5, 0.6) is 11.5 Å². The monoisotopic (exact) mass is 800 g/mol. The smallest absolute Gasteiger partial charge is 0.133 e. The van der Waals surface area contributed by atoms with Gasteiger partial charge in [0.1, 0.15) is 24.7 Å². The maximum Gasteiger partial charge on any atom is 0.133 e. The van der Waals surface area contributed by atoms with Crippen LogP contribution in [0.2, 0.25) is 0 Å². The van der Waals surface area contributed by atoms with E-state index >= 15 is 0 Å². The maximum atomic E-state index is 6.21. The van der Waals surface area contributed by atoms with Gasteiger partial charge in [0.05, 0.1) is 7.14 Å². The van der Waals surface area contributed by atoms with Crippen LogP contribution >= 0.6 is 57.6 Å². The molecular formula is C34H43ClI2N2O2. The third-order valence-electron chi connectivity index (χ3n) is 8.17. The highest BCUT2D eigenvalue weighted by Gasteiger charge is 2.14. The summed E-state index contributed by atoms with van der Waals surface area (Å²) in [4.78, 5) is 0. The largest absolute Gasteiger partial charge is 0.488 e. The molecule has 7 heteroatoms. The minimum atomic E-state index is 0. The standard InChI is InChI=1S/C34H42I2N2O2.ClH/c35-31-19-25(21-37-29-10-3-1-4-11-29)14-16-33(31)39-23-27-8-7-9-28(18-27)24-40-34-17-15-26(20-32(34)36)22-38-30-12-5-2-6-13-30;/h7-9,14-20,29-30,37-38H,1-6,10-13,21-24H2;1H. The molecule has 0 aliphatic heterocycles. The zero-order valence-electron chi connectivity index (χ0n) is 23.8. The van der Waals surface area contributed by atoms with Gasteiger partial charge in [0.25, 0.3) is 0 Å². The van der Waals surface area contributed by atoms with Gasteiger partial charge >= 0.3 is 0 Å². The Bertz CT molecular complexity index is 1140. The molecule has 3 aromatic carbocycles. The van der Waals surface area contributed by atoms with Crippen molar-refractivity contribution in [3.8, 4) is 11.5 Å². The van der Waals surface area contributed by atoms with Crippen LogP contribution in [0, 0.1) is 7.14 Å². The predicted molar refractivity (Wildman–Crippen MR) is 188 cm³/mol. The third kappa shape index (κ3) is 10.6. The lowest BCUT2D eigenvalue weighted by Crippen LogP contribution is -2.30. The number of rotatable bonds is 12. The lowest BCUT2D eigenvalue weighted by molar-refractivity contribution is 0.297. The summed E-state index contributed by atoms with van der Waals surface area (Å²) in [6.45, 7) is 2.96. The molecule has 0 spiro atoms. The molecule has 2 fully saturated rings. The molecule has 2 saturated carbocycles. The van der Waals surface area contributed by atoms with Crippen molar-refractivity contribution in [2.45, 2.75) is 103 Å². The highest BCUT2D eigenvalue weighted by atomic mass is 127. The van der Waals surface area contributed by atoms with Crippen LogP contribution in [-0.2, 0) is 26.3 Å². The summed E-state index contributed by atoms with van der Waals surface area (Å²) in [5.41, 5.74) is 4.95. The van der Waals surface area contributed by atoms with E-state index in [1.165, 1.54) is 75.3 Å². The van der Waals surface area contributed by atoms with Gasteiger partial charge in [-0.05, 0) is 123 Å². The van der Waals surface area contributed by atoms with Crippen LogP contribution in [0.1, 0.15) is 86.5 Å². The van der Waals surface area contributed by atoms with Crippen molar-refractivity contribution in [1.29, 1.82) is 0 Å². The van der Waals surface area contributed by atoms with Crippen molar-refractivity contribution in [2.75, 3.05) is 0 Å².